The van der Waals surface area contributed by atoms with Gasteiger partial charge in [-0.2, -0.15) is 0 Å². The van der Waals surface area contributed by atoms with E-state index in [1.165, 1.54) is 17.7 Å². The Bertz CT molecular complexity index is 1170. The predicted octanol–water partition coefficient (Wildman–Crippen LogP) is -0.913. The number of nitrogen functional groups attached to an aromatic ring is 1. The molecule has 15 nitrogen and oxygen atoms in total. The predicted molar refractivity (Wildman–Crippen MR) is 121 cm³/mol. The van der Waals surface area contributed by atoms with Crippen LogP contribution in [-0.2, 0) is 23.4 Å². The zero-order valence-electron chi connectivity index (χ0n) is 19.5. The number of ether oxygens (including phenoxy) is 2. The van der Waals surface area contributed by atoms with Crippen molar-refractivity contribution in [2.75, 3.05) is 12.3 Å². The molecule has 194 valence electrons. The molecule has 0 aromatic carbocycles. The number of rotatable bonds is 9. The highest BCUT2D eigenvalue weighted by atomic mass is 31.2. The molecule has 0 radical (unpaired) electrons. The summed E-state index contributed by atoms with van der Waals surface area (Å²) in [5, 5.41) is 23.4. The van der Waals surface area contributed by atoms with Crippen molar-refractivity contribution in [3.63, 3.8) is 0 Å². The van der Waals surface area contributed by atoms with Crippen LogP contribution in [0, 0.1) is 6.92 Å². The second-order valence-corrected chi connectivity index (χ2v) is 9.93. The fourth-order valence-electron chi connectivity index (χ4n) is 3.61. The number of hydrogen-bond donors (Lipinski definition) is 6. The van der Waals surface area contributed by atoms with Crippen LogP contribution in [0.1, 0.15) is 43.2 Å². The Morgan fingerprint density at radius 2 is 1.94 bits per heavy atom. The molecule has 2 aromatic heterocycles. The van der Waals surface area contributed by atoms with E-state index >= 15 is 0 Å². The molecule has 35 heavy (non-hydrogen) atoms. The van der Waals surface area contributed by atoms with Crippen LogP contribution in [0.3, 0.4) is 0 Å². The fourth-order valence-corrected chi connectivity index (χ4v) is 4.63. The third-order valence-electron chi connectivity index (χ3n) is 5.16. The topological polar surface area (TPSA) is 234 Å². The number of aromatic nitrogens is 3. The molecular weight excluding hydrogens is 487 g/mol. The number of anilines is 1. The van der Waals surface area contributed by atoms with E-state index in [2.05, 4.69) is 15.1 Å². The number of aliphatic hydroxyl groups is 2. The Labute approximate surface area is 200 Å². The molecule has 1 fully saturated rings. The van der Waals surface area contributed by atoms with Gasteiger partial charge in [-0.15, -0.1) is 0 Å². The van der Waals surface area contributed by atoms with Crippen molar-refractivity contribution < 1.29 is 43.3 Å². The van der Waals surface area contributed by atoms with Gasteiger partial charge in [-0.1, -0.05) is 0 Å². The number of amides is 1. The molecule has 1 amide bonds. The highest BCUT2D eigenvalue weighted by Crippen LogP contribution is 2.40. The van der Waals surface area contributed by atoms with Crippen LogP contribution in [0.4, 0.5) is 5.82 Å². The summed E-state index contributed by atoms with van der Waals surface area (Å²) >= 11 is 0. The van der Waals surface area contributed by atoms with Crippen molar-refractivity contribution in [2.24, 2.45) is 5.73 Å². The number of primary amides is 1. The lowest BCUT2D eigenvalue weighted by molar-refractivity contribution is -0.149. The van der Waals surface area contributed by atoms with Gasteiger partial charge >= 0.3 is 13.7 Å². The van der Waals surface area contributed by atoms with Crippen molar-refractivity contribution in [2.45, 2.75) is 64.4 Å². The summed E-state index contributed by atoms with van der Waals surface area (Å²) in [6, 6.07) is -1.16. The van der Waals surface area contributed by atoms with E-state index in [4.69, 9.17) is 25.5 Å². The SMILES string of the molecule is Cc1nc(N)c2c(C(N)=O)cn([C@@H]3OC(COP(=O)(O)N[C@@H](C)C(=O)OC(C)C)[C@@H](O)[C@H]3O)c2n1. The maximum absolute atomic E-state index is 12.4. The summed E-state index contributed by atoms with van der Waals surface area (Å²) in [6.45, 7) is 5.52. The van der Waals surface area contributed by atoms with Gasteiger partial charge in [-0.3, -0.25) is 14.1 Å². The number of hydrogen-bond acceptors (Lipinski definition) is 11. The van der Waals surface area contributed by atoms with E-state index < -0.39 is 62.9 Å². The number of nitrogens with one attached hydrogen (secondary N) is 1. The third-order valence-corrected chi connectivity index (χ3v) is 6.38. The van der Waals surface area contributed by atoms with E-state index in [-0.39, 0.29) is 28.2 Å². The quantitative estimate of drug-likeness (QED) is 0.175. The molecule has 0 saturated carbocycles. The zero-order valence-corrected chi connectivity index (χ0v) is 20.4. The number of nitrogens with two attached hydrogens (primary N) is 2. The summed E-state index contributed by atoms with van der Waals surface area (Å²) in [5.74, 6) is -1.31. The number of nitrogens with zero attached hydrogens (tertiary/aromatic N) is 3. The second kappa shape index (κ2) is 10.1. The van der Waals surface area contributed by atoms with Crippen LogP contribution >= 0.6 is 7.75 Å². The molecule has 16 heteroatoms. The molecule has 3 heterocycles. The van der Waals surface area contributed by atoms with Gasteiger partial charge in [0.05, 0.1) is 23.7 Å². The molecule has 0 spiro atoms. The highest BCUT2D eigenvalue weighted by Gasteiger charge is 2.45. The lowest BCUT2D eigenvalue weighted by Gasteiger charge is -2.21. The van der Waals surface area contributed by atoms with Gasteiger partial charge in [0.1, 0.15) is 41.6 Å². The Morgan fingerprint density at radius 3 is 2.54 bits per heavy atom. The molecule has 8 N–H and O–H groups in total. The largest absolute Gasteiger partial charge is 0.462 e. The van der Waals surface area contributed by atoms with Crippen LogP contribution in [0.25, 0.3) is 11.0 Å². The summed E-state index contributed by atoms with van der Waals surface area (Å²) in [7, 11) is -4.53. The summed E-state index contributed by atoms with van der Waals surface area (Å²) in [6.07, 6.45) is -4.77. The summed E-state index contributed by atoms with van der Waals surface area (Å²) in [4.78, 5) is 42.1. The van der Waals surface area contributed by atoms with Crippen LogP contribution in [-0.4, -0.2) is 78.6 Å². The van der Waals surface area contributed by atoms with Gasteiger partial charge in [0.2, 0.25) is 0 Å². The highest BCUT2D eigenvalue weighted by molar-refractivity contribution is 7.50. The Balaban J connectivity index is 1.77. The van der Waals surface area contributed by atoms with Crippen LogP contribution in [0.15, 0.2) is 6.20 Å². The van der Waals surface area contributed by atoms with Gasteiger partial charge in [-0.25, -0.2) is 19.6 Å². The number of aliphatic hydroxyl groups excluding tert-OH is 2. The Morgan fingerprint density at radius 1 is 1.29 bits per heavy atom. The average molecular weight is 516 g/mol. The maximum atomic E-state index is 12.4. The standard InChI is InChI=1S/C19H29N6O9P/c1-7(2)33-19(29)8(3)24-35(30,31)32-6-11-13(26)14(27)18(34-11)25-5-10(16(21)28)12-15(20)22-9(4)23-17(12)25/h5,7-8,11,13-14,18,26-27H,6H2,1-4H3,(H2,21,28)(H2,20,22,23)(H2,24,30,31)/t8-,11?,13+,14+,18+/m0/s1. The normalized spacial score (nSPS) is 25.0. The summed E-state index contributed by atoms with van der Waals surface area (Å²) < 4.78 is 29.3. The number of esters is 1. The zero-order chi connectivity index (χ0) is 26.2. The molecule has 3 rings (SSSR count). The first kappa shape index (κ1) is 26.9. The Kier molecular flexibility index (Phi) is 7.81. The van der Waals surface area contributed by atoms with Crippen LogP contribution < -0.4 is 16.6 Å². The van der Waals surface area contributed by atoms with Crippen molar-refractivity contribution in [3.05, 3.63) is 17.6 Å². The first-order valence-corrected chi connectivity index (χ1v) is 12.2. The minimum Gasteiger partial charge on any atom is -0.462 e. The molecule has 1 aliphatic rings. The van der Waals surface area contributed by atoms with Crippen molar-refractivity contribution >= 4 is 36.5 Å². The third kappa shape index (κ3) is 5.78. The maximum Gasteiger partial charge on any atom is 0.403 e. The molecule has 6 atom stereocenters. The molecule has 2 aromatic rings. The van der Waals surface area contributed by atoms with E-state index in [0.29, 0.717) is 0 Å². The van der Waals surface area contributed by atoms with E-state index in [0.717, 1.165) is 0 Å². The van der Waals surface area contributed by atoms with E-state index in [9.17, 15) is 29.3 Å². The average Bonchev–Trinajstić information content (AvgIpc) is 3.24. The number of fused-ring (bicyclic) bond motifs is 1. The van der Waals surface area contributed by atoms with Crippen molar-refractivity contribution in [1.29, 1.82) is 0 Å². The fraction of sp³-hybridized carbons (Fsp3) is 0.579. The van der Waals surface area contributed by atoms with Gasteiger partial charge in [0.25, 0.3) is 5.91 Å². The monoisotopic (exact) mass is 516 g/mol. The molecule has 1 saturated heterocycles. The first-order valence-electron chi connectivity index (χ1n) is 10.6. The second-order valence-electron chi connectivity index (χ2n) is 8.37. The lowest BCUT2D eigenvalue weighted by Crippen LogP contribution is -2.37. The summed E-state index contributed by atoms with van der Waals surface area (Å²) in [5.41, 5.74) is 11.5. The minimum atomic E-state index is -4.53. The molecule has 1 aliphatic heterocycles. The lowest BCUT2D eigenvalue weighted by atomic mass is 10.1. The van der Waals surface area contributed by atoms with Crippen molar-refractivity contribution in [1.82, 2.24) is 19.6 Å². The van der Waals surface area contributed by atoms with Crippen LogP contribution in [0.5, 0.6) is 0 Å². The molecule has 0 bridgehead atoms. The molecular formula is C19H29N6O9P. The van der Waals surface area contributed by atoms with Gasteiger partial charge in [0.15, 0.2) is 6.23 Å². The Hall–Kier alpha value is -2.65. The number of aryl methyl sites for hydroxylation is 1. The minimum absolute atomic E-state index is 0.00891. The number of carbonyl (C=O) groups is 2. The van der Waals surface area contributed by atoms with Gasteiger partial charge in [0, 0.05) is 6.20 Å². The van der Waals surface area contributed by atoms with Crippen LogP contribution in [0.2, 0.25) is 0 Å². The molecule has 0 aliphatic carbocycles. The van der Waals surface area contributed by atoms with Gasteiger partial charge < -0.3 is 40.6 Å². The van der Waals surface area contributed by atoms with E-state index in [1.807, 2.05) is 0 Å². The smallest absolute Gasteiger partial charge is 0.403 e. The van der Waals surface area contributed by atoms with Crippen molar-refractivity contribution in [3.8, 4) is 0 Å². The first-order chi connectivity index (χ1) is 16.2. The number of carbonyl (C=O) groups excluding carboxylic acids is 2. The van der Waals surface area contributed by atoms with E-state index in [1.54, 1.807) is 20.8 Å². The van der Waals surface area contributed by atoms with Gasteiger partial charge in [-0.05, 0) is 27.7 Å². The molecule has 2 unspecified atom stereocenters.